The molecule has 19 heavy (non-hydrogen) atoms. The van der Waals surface area contributed by atoms with Gasteiger partial charge in [0.2, 0.25) is 0 Å². The van der Waals surface area contributed by atoms with Crippen LogP contribution in [0.3, 0.4) is 0 Å². The summed E-state index contributed by atoms with van der Waals surface area (Å²) in [6, 6.07) is 8.98. The maximum Gasteiger partial charge on any atom is 0.330 e. The molecule has 0 radical (unpaired) electrons. The monoisotopic (exact) mass is 260 g/mol. The number of methoxy groups -OCH3 is 1. The summed E-state index contributed by atoms with van der Waals surface area (Å²) in [6.07, 6.45) is 2.11. The van der Waals surface area contributed by atoms with Crippen molar-refractivity contribution in [2.45, 2.75) is 13.0 Å². The summed E-state index contributed by atoms with van der Waals surface area (Å²) < 4.78 is 7.72. The van der Waals surface area contributed by atoms with E-state index in [1.165, 1.54) is 21.4 Å². The lowest BCUT2D eigenvalue weighted by molar-refractivity contribution is 0.414. The first-order valence-corrected chi connectivity index (χ1v) is 6.01. The third-order valence-corrected chi connectivity index (χ3v) is 3.02. The van der Waals surface area contributed by atoms with Crippen molar-refractivity contribution in [1.29, 1.82) is 0 Å². The predicted molar refractivity (Wildman–Crippen MR) is 72.6 cm³/mol. The van der Waals surface area contributed by atoms with Crippen LogP contribution in [-0.2, 0) is 20.0 Å². The van der Waals surface area contributed by atoms with Gasteiger partial charge in [-0.25, -0.2) is 4.79 Å². The lowest BCUT2D eigenvalue weighted by atomic mass is 10.1. The molecule has 1 aromatic heterocycles. The van der Waals surface area contributed by atoms with E-state index >= 15 is 0 Å². The van der Waals surface area contributed by atoms with Crippen molar-refractivity contribution in [2.75, 3.05) is 7.11 Å². The molecule has 1 aromatic carbocycles. The van der Waals surface area contributed by atoms with Crippen molar-refractivity contribution in [3.63, 3.8) is 0 Å². The Kier molecular flexibility index (Phi) is 3.85. The zero-order valence-corrected chi connectivity index (χ0v) is 11.0. The normalized spacial score (nSPS) is 10.4. The molecule has 0 bridgehead atoms. The molecule has 0 N–H and O–H groups in total. The second kappa shape index (κ2) is 5.56. The van der Waals surface area contributed by atoms with Crippen LogP contribution in [0.5, 0.6) is 5.75 Å². The van der Waals surface area contributed by atoms with Gasteiger partial charge in [0.25, 0.3) is 5.56 Å². The number of rotatable bonds is 4. The summed E-state index contributed by atoms with van der Waals surface area (Å²) in [5.41, 5.74) is 0.497. The van der Waals surface area contributed by atoms with Crippen molar-refractivity contribution in [3.05, 3.63) is 62.9 Å². The Bertz CT molecular complexity index is 668. The second-order valence-corrected chi connectivity index (χ2v) is 4.30. The van der Waals surface area contributed by atoms with Crippen LogP contribution in [0, 0.1) is 0 Å². The summed E-state index contributed by atoms with van der Waals surface area (Å²) in [6.45, 7) is 0.374. The van der Waals surface area contributed by atoms with Gasteiger partial charge in [-0.05, 0) is 24.1 Å². The first-order valence-electron chi connectivity index (χ1n) is 6.01. The Hall–Kier alpha value is -2.30. The number of aromatic nitrogens is 2. The van der Waals surface area contributed by atoms with Crippen LogP contribution in [0.2, 0.25) is 0 Å². The van der Waals surface area contributed by atoms with Crippen LogP contribution >= 0.6 is 0 Å². The van der Waals surface area contributed by atoms with E-state index in [0.29, 0.717) is 13.0 Å². The topological polar surface area (TPSA) is 53.2 Å². The molecule has 0 fully saturated rings. The standard InChI is InChI=1S/C14H16N2O3/c1-15-9-8-13(17)16(14(15)18)10-7-11-3-5-12(19-2)6-4-11/h3-6,8-9H,7,10H2,1-2H3. The van der Waals surface area contributed by atoms with Crippen molar-refractivity contribution in [1.82, 2.24) is 9.13 Å². The Labute approximate surface area is 110 Å². The minimum absolute atomic E-state index is 0.267. The van der Waals surface area contributed by atoms with Gasteiger partial charge in [0, 0.05) is 25.9 Å². The molecule has 0 atom stereocenters. The molecule has 2 aromatic rings. The van der Waals surface area contributed by atoms with Gasteiger partial charge >= 0.3 is 5.69 Å². The quantitative estimate of drug-likeness (QED) is 0.817. The maximum atomic E-state index is 11.8. The highest BCUT2D eigenvalue weighted by atomic mass is 16.5. The SMILES string of the molecule is COc1ccc(CCn2c(=O)ccn(C)c2=O)cc1. The van der Waals surface area contributed by atoms with Gasteiger partial charge in [0.05, 0.1) is 7.11 Å². The summed E-state index contributed by atoms with van der Waals surface area (Å²) in [5.74, 6) is 0.788. The highest BCUT2D eigenvalue weighted by Crippen LogP contribution is 2.11. The van der Waals surface area contributed by atoms with Gasteiger partial charge in [-0.15, -0.1) is 0 Å². The summed E-state index contributed by atoms with van der Waals surface area (Å²) in [7, 11) is 3.24. The molecule has 0 aliphatic rings. The molecule has 0 aliphatic carbocycles. The lowest BCUT2D eigenvalue weighted by Crippen LogP contribution is -2.38. The third kappa shape index (κ3) is 2.93. The summed E-state index contributed by atoms with van der Waals surface area (Å²) in [5, 5.41) is 0. The number of benzene rings is 1. The van der Waals surface area contributed by atoms with Crippen LogP contribution in [0.4, 0.5) is 0 Å². The molecule has 0 saturated carbocycles. The minimum Gasteiger partial charge on any atom is -0.497 e. The van der Waals surface area contributed by atoms with Crippen molar-refractivity contribution in [2.24, 2.45) is 7.05 Å². The molecule has 100 valence electrons. The number of nitrogens with zero attached hydrogens (tertiary/aromatic N) is 2. The van der Waals surface area contributed by atoms with E-state index in [0.717, 1.165) is 11.3 Å². The van der Waals surface area contributed by atoms with Crippen molar-refractivity contribution < 1.29 is 4.74 Å². The van der Waals surface area contributed by atoms with E-state index in [1.54, 1.807) is 14.2 Å². The summed E-state index contributed by atoms with van der Waals surface area (Å²) >= 11 is 0. The fourth-order valence-corrected chi connectivity index (χ4v) is 1.85. The molecular formula is C14H16N2O3. The molecular weight excluding hydrogens is 244 g/mol. The Morgan fingerprint density at radius 3 is 2.42 bits per heavy atom. The highest BCUT2D eigenvalue weighted by Gasteiger charge is 2.03. The Morgan fingerprint density at radius 2 is 1.79 bits per heavy atom. The first kappa shape index (κ1) is 13.1. The van der Waals surface area contributed by atoms with Crippen LogP contribution in [0.25, 0.3) is 0 Å². The molecule has 0 saturated heterocycles. The fraction of sp³-hybridized carbons (Fsp3) is 0.286. The average Bonchev–Trinajstić information content (AvgIpc) is 2.44. The number of hydrogen-bond donors (Lipinski definition) is 0. The van der Waals surface area contributed by atoms with Gasteiger partial charge in [-0.3, -0.25) is 9.36 Å². The van der Waals surface area contributed by atoms with E-state index in [-0.39, 0.29) is 11.2 Å². The maximum absolute atomic E-state index is 11.8. The zero-order chi connectivity index (χ0) is 13.8. The third-order valence-electron chi connectivity index (χ3n) is 3.02. The van der Waals surface area contributed by atoms with Crippen molar-refractivity contribution >= 4 is 0 Å². The molecule has 0 unspecified atom stereocenters. The second-order valence-electron chi connectivity index (χ2n) is 4.30. The summed E-state index contributed by atoms with van der Waals surface area (Å²) in [4.78, 5) is 23.5. The van der Waals surface area contributed by atoms with Gasteiger partial charge < -0.3 is 9.30 Å². The Morgan fingerprint density at radius 1 is 1.11 bits per heavy atom. The molecule has 0 aliphatic heterocycles. The van der Waals surface area contributed by atoms with Gasteiger partial charge in [0.1, 0.15) is 5.75 Å². The van der Waals surface area contributed by atoms with E-state index in [4.69, 9.17) is 4.74 Å². The largest absolute Gasteiger partial charge is 0.497 e. The zero-order valence-electron chi connectivity index (χ0n) is 11.0. The average molecular weight is 260 g/mol. The molecule has 1 heterocycles. The molecule has 0 amide bonds. The van der Waals surface area contributed by atoms with E-state index < -0.39 is 0 Å². The smallest absolute Gasteiger partial charge is 0.330 e. The molecule has 0 spiro atoms. The van der Waals surface area contributed by atoms with E-state index in [1.807, 2.05) is 24.3 Å². The fourth-order valence-electron chi connectivity index (χ4n) is 1.85. The Balaban J connectivity index is 2.16. The minimum atomic E-state index is -0.291. The van der Waals surface area contributed by atoms with Gasteiger partial charge in [-0.2, -0.15) is 0 Å². The molecule has 2 rings (SSSR count). The van der Waals surface area contributed by atoms with Gasteiger partial charge in [-0.1, -0.05) is 12.1 Å². The van der Waals surface area contributed by atoms with E-state index in [9.17, 15) is 9.59 Å². The molecule has 5 nitrogen and oxygen atoms in total. The predicted octanol–water partition coefficient (Wildman–Crippen LogP) is 0.798. The van der Waals surface area contributed by atoms with Gasteiger partial charge in [0.15, 0.2) is 0 Å². The van der Waals surface area contributed by atoms with Crippen LogP contribution in [-0.4, -0.2) is 16.2 Å². The lowest BCUT2D eigenvalue weighted by Gasteiger charge is -2.07. The highest BCUT2D eigenvalue weighted by molar-refractivity contribution is 5.27. The first-order chi connectivity index (χ1) is 9.11. The van der Waals surface area contributed by atoms with E-state index in [2.05, 4.69) is 0 Å². The van der Waals surface area contributed by atoms with Crippen molar-refractivity contribution in [3.8, 4) is 5.75 Å². The van der Waals surface area contributed by atoms with Crippen LogP contribution < -0.4 is 16.0 Å². The van der Waals surface area contributed by atoms with Crippen LogP contribution in [0.1, 0.15) is 5.56 Å². The van der Waals surface area contributed by atoms with Crippen LogP contribution in [0.15, 0.2) is 46.1 Å². The number of aryl methyl sites for hydroxylation is 2. The molecule has 5 heteroatoms. The number of hydrogen-bond acceptors (Lipinski definition) is 3. The number of ether oxygens (including phenoxy) is 1.